The van der Waals surface area contributed by atoms with Crippen molar-refractivity contribution in [1.82, 2.24) is 14.9 Å². The molecule has 2 N–H and O–H groups in total. The molecule has 0 saturated carbocycles. The zero-order valence-electron chi connectivity index (χ0n) is 12.7. The van der Waals surface area contributed by atoms with Gasteiger partial charge in [0.2, 0.25) is 0 Å². The zero-order chi connectivity index (χ0) is 14.6. The Balaban J connectivity index is 2.04. The van der Waals surface area contributed by atoms with E-state index in [1.54, 1.807) is 0 Å². The van der Waals surface area contributed by atoms with Crippen molar-refractivity contribution in [2.45, 2.75) is 45.7 Å². The molecule has 2 aromatic rings. The molecule has 4 heteroatoms. The van der Waals surface area contributed by atoms with Crippen LogP contribution in [0, 0.1) is 6.92 Å². The van der Waals surface area contributed by atoms with Crippen molar-refractivity contribution in [3.05, 3.63) is 30.1 Å². The van der Waals surface area contributed by atoms with Crippen molar-refractivity contribution >= 4 is 11.0 Å². The Hall–Kier alpha value is -1.39. The molecule has 20 heavy (non-hydrogen) atoms. The van der Waals surface area contributed by atoms with Gasteiger partial charge in [-0.15, -0.1) is 0 Å². The van der Waals surface area contributed by atoms with Crippen molar-refractivity contribution in [2.75, 3.05) is 13.2 Å². The largest absolute Gasteiger partial charge is 0.394 e. The average molecular weight is 275 g/mol. The SMILES string of the molecule is CCNC(C)(CO)CCCn1c(C)nc2ccccc21. The summed E-state index contributed by atoms with van der Waals surface area (Å²) in [6.45, 7) is 8.19. The van der Waals surface area contributed by atoms with Crippen LogP contribution in [0.5, 0.6) is 0 Å². The van der Waals surface area contributed by atoms with Gasteiger partial charge in [0.15, 0.2) is 0 Å². The fraction of sp³-hybridized carbons (Fsp3) is 0.562. The van der Waals surface area contributed by atoms with Gasteiger partial charge in [0.1, 0.15) is 5.82 Å². The van der Waals surface area contributed by atoms with Crippen LogP contribution in [0.4, 0.5) is 0 Å². The molecule has 0 aliphatic carbocycles. The summed E-state index contributed by atoms with van der Waals surface area (Å²) in [4.78, 5) is 4.58. The first-order chi connectivity index (χ1) is 9.59. The van der Waals surface area contributed by atoms with Gasteiger partial charge in [-0.05, 0) is 45.4 Å². The molecule has 0 spiro atoms. The first-order valence-corrected chi connectivity index (χ1v) is 7.37. The van der Waals surface area contributed by atoms with Crippen LogP contribution < -0.4 is 5.32 Å². The normalized spacial score (nSPS) is 14.6. The molecule has 0 saturated heterocycles. The van der Waals surface area contributed by atoms with E-state index in [0.29, 0.717) is 0 Å². The lowest BCUT2D eigenvalue weighted by Gasteiger charge is -2.28. The molecule has 1 unspecified atom stereocenters. The van der Waals surface area contributed by atoms with Crippen LogP contribution in [-0.2, 0) is 6.54 Å². The maximum absolute atomic E-state index is 9.52. The minimum atomic E-state index is -0.182. The Bertz CT molecular complexity index is 564. The summed E-state index contributed by atoms with van der Waals surface area (Å²) in [6.07, 6.45) is 1.97. The van der Waals surface area contributed by atoms with Crippen LogP contribution in [0.1, 0.15) is 32.5 Å². The molecular weight excluding hydrogens is 250 g/mol. The average Bonchev–Trinajstić information content (AvgIpc) is 2.75. The summed E-state index contributed by atoms with van der Waals surface area (Å²) in [7, 11) is 0. The van der Waals surface area contributed by atoms with E-state index >= 15 is 0 Å². The number of hydrogen-bond acceptors (Lipinski definition) is 3. The highest BCUT2D eigenvalue weighted by molar-refractivity contribution is 5.75. The highest BCUT2D eigenvalue weighted by atomic mass is 16.3. The first kappa shape index (κ1) is 15.0. The number of aliphatic hydroxyl groups excluding tert-OH is 1. The van der Waals surface area contributed by atoms with Crippen molar-refractivity contribution in [3.8, 4) is 0 Å². The van der Waals surface area contributed by atoms with E-state index in [2.05, 4.69) is 53.8 Å². The summed E-state index contributed by atoms with van der Waals surface area (Å²) in [5.74, 6) is 1.06. The number of nitrogens with one attached hydrogen (secondary N) is 1. The van der Waals surface area contributed by atoms with E-state index in [1.807, 2.05) is 6.07 Å². The van der Waals surface area contributed by atoms with E-state index in [-0.39, 0.29) is 12.1 Å². The lowest BCUT2D eigenvalue weighted by molar-refractivity contribution is 0.164. The molecule has 2 rings (SSSR count). The number of para-hydroxylation sites is 2. The molecule has 0 bridgehead atoms. The number of likely N-dealkylation sites (N-methyl/N-ethyl adjacent to an activating group) is 1. The van der Waals surface area contributed by atoms with Crippen LogP contribution in [0.25, 0.3) is 11.0 Å². The van der Waals surface area contributed by atoms with Gasteiger partial charge < -0.3 is 15.0 Å². The number of aromatic nitrogens is 2. The van der Waals surface area contributed by atoms with E-state index < -0.39 is 0 Å². The van der Waals surface area contributed by atoms with Gasteiger partial charge in [0.05, 0.1) is 17.6 Å². The zero-order valence-corrected chi connectivity index (χ0v) is 12.7. The molecule has 0 aliphatic rings. The molecule has 0 radical (unpaired) electrons. The summed E-state index contributed by atoms with van der Waals surface area (Å²) >= 11 is 0. The van der Waals surface area contributed by atoms with Crippen molar-refractivity contribution in [1.29, 1.82) is 0 Å². The van der Waals surface area contributed by atoms with Gasteiger partial charge in [-0.1, -0.05) is 19.1 Å². The third-order valence-corrected chi connectivity index (χ3v) is 3.91. The smallest absolute Gasteiger partial charge is 0.106 e. The quantitative estimate of drug-likeness (QED) is 0.816. The molecule has 1 atom stereocenters. The molecule has 0 amide bonds. The van der Waals surface area contributed by atoms with Crippen LogP contribution in [-0.4, -0.2) is 33.3 Å². The number of aliphatic hydroxyl groups is 1. The summed E-state index contributed by atoms with van der Waals surface area (Å²) in [5.41, 5.74) is 2.07. The van der Waals surface area contributed by atoms with Gasteiger partial charge in [0, 0.05) is 12.1 Å². The first-order valence-electron chi connectivity index (χ1n) is 7.37. The van der Waals surface area contributed by atoms with E-state index in [0.717, 1.165) is 37.3 Å². The molecular formula is C16H25N3O. The number of fused-ring (bicyclic) bond motifs is 1. The molecule has 110 valence electrons. The number of hydrogen-bond donors (Lipinski definition) is 2. The highest BCUT2D eigenvalue weighted by Crippen LogP contribution is 2.18. The lowest BCUT2D eigenvalue weighted by atomic mass is 9.97. The Morgan fingerprint density at radius 1 is 1.35 bits per heavy atom. The topological polar surface area (TPSA) is 50.1 Å². The van der Waals surface area contributed by atoms with Gasteiger partial charge >= 0.3 is 0 Å². The number of imidazole rings is 1. The minimum absolute atomic E-state index is 0.171. The Labute approximate surface area is 120 Å². The van der Waals surface area contributed by atoms with Gasteiger partial charge in [-0.25, -0.2) is 4.98 Å². The van der Waals surface area contributed by atoms with Gasteiger partial charge in [0.25, 0.3) is 0 Å². The Kier molecular flexibility index (Phi) is 4.78. The Morgan fingerprint density at radius 2 is 2.10 bits per heavy atom. The molecule has 1 heterocycles. The van der Waals surface area contributed by atoms with Gasteiger partial charge in [-0.2, -0.15) is 0 Å². The third-order valence-electron chi connectivity index (χ3n) is 3.91. The number of aryl methyl sites for hydroxylation is 2. The summed E-state index contributed by atoms with van der Waals surface area (Å²) in [5, 5.41) is 12.9. The standard InChI is InChI=1S/C16H25N3O/c1-4-17-16(3,12-20)10-7-11-19-13(2)18-14-8-5-6-9-15(14)19/h5-6,8-9,17,20H,4,7,10-12H2,1-3H3. The molecule has 4 nitrogen and oxygen atoms in total. The summed E-state index contributed by atoms with van der Waals surface area (Å²) in [6, 6.07) is 8.24. The predicted octanol–water partition coefficient (Wildman–Crippen LogP) is 2.49. The fourth-order valence-electron chi connectivity index (χ4n) is 2.76. The lowest BCUT2D eigenvalue weighted by Crippen LogP contribution is -2.45. The van der Waals surface area contributed by atoms with E-state index in [1.165, 1.54) is 5.52 Å². The van der Waals surface area contributed by atoms with Crippen molar-refractivity contribution < 1.29 is 5.11 Å². The minimum Gasteiger partial charge on any atom is -0.394 e. The second kappa shape index (κ2) is 6.37. The Morgan fingerprint density at radius 3 is 2.80 bits per heavy atom. The van der Waals surface area contributed by atoms with E-state index in [9.17, 15) is 5.11 Å². The maximum atomic E-state index is 9.52. The number of nitrogens with zero attached hydrogens (tertiary/aromatic N) is 2. The molecule has 0 fully saturated rings. The second-order valence-corrected chi connectivity index (χ2v) is 5.65. The maximum Gasteiger partial charge on any atom is 0.106 e. The molecule has 0 aliphatic heterocycles. The second-order valence-electron chi connectivity index (χ2n) is 5.65. The summed E-state index contributed by atoms with van der Waals surface area (Å²) < 4.78 is 2.26. The predicted molar refractivity (Wildman–Crippen MR) is 82.9 cm³/mol. The van der Waals surface area contributed by atoms with Crippen molar-refractivity contribution in [2.24, 2.45) is 0 Å². The molecule has 1 aromatic heterocycles. The van der Waals surface area contributed by atoms with Crippen LogP contribution in [0.3, 0.4) is 0 Å². The van der Waals surface area contributed by atoms with Crippen LogP contribution in [0.15, 0.2) is 24.3 Å². The number of benzene rings is 1. The van der Waals surface area contributed by atoms with Crippen molar-refractivity contribution in [3.63, 3.8) is 0 Å². The fourth-order valence-corrected chi connectivity index (χ4v) is 2.76. The monoisotopic (exact) mass is 275 g/mol. The molecule has 1 aromatic carbocycles. The number of rotatable bonds is 7. The van der Waals surface area contributed by atoms with Crippen LogP contribution >= 0.6 is 0 Å². The van der Waals surface area contributed by atoms with Crippen LogP contribution in [0.2, 0.25) is 0 Å². The van der Waals surface area contributed by atoms with E-state index in [4.69, 9.17) is 0 Å². The highest BCUT2D eigenvalue weighted by Gasteiger charge is 2.21. The van der Waals surface area contributed by atoms with Gasteiger partial charge in [-0.3, -0.25) is 0 Å². The third kappa shape index (κ3) is 3.19.